The summed E-state index contributed by atoms with van der Waals surface area (Å²) >= 11 is 0. The fourth-order valence-corrected chi connectivity index (χ4v) is 5.65. The van der Waals surface area contributed by atoms with Gasteiger partial charge in [0, 0.05) is 54.0 Å². The molecule has 4 atom stereocenters. The molecule has 166 valence electrons. The minimum Gasteiger partial charge on any atom is -0.464 e. The van der Waals surface area contributed by atoms with E-state index in [1.807, 2.05) is 25.1 Å². The van der Waals surface area contributed by atoms with Crippen LogP contribution < -0.4 is 10.6 Å². The second-order valence-electron chi connectivity index (χ2n) is 9.10. The minimum atomic E-state index is -0.0542. The molecule has 32 heavy (non-hydrogen) atoms. The Hall–Kier alpha value is -3.20. The number of cyclic esters (lactones) is 1. The molecule has 3 fully saturated rings. The normalized spacial score (nSPS) is 27.6. The van der Waals surface area contributed by atoms with Crippen LogP contribution in [0.15, 0.2) is 30.5 Å². The zero-order valence-corrected chi connectivity index (χ0v) is 18.0. The van der Waals surface area contributed by atoms with Crippen molar-refractivity contribution in [1.29, 1.82) is 0 Å². The Morgan fingerprint density at radius 1 is 1.16 bits per heavy atom. The maximum atomic E-state index is 12.2. The number of nitrogens with one attached hydrogen (secondary N) is 3. The average molecular weight is 434 g/mol. The van der Waals surface area contributed by atoms with Gasteiger partial charge in [-0.1, -0.05) is 0 Å². The lowest BCUT2D eigenvalue weighted by molar-refractivity contribution is -0.143. The molecule has 6 rings (SSSR count). The second-order valence-corrected chi connectivity index (χ2v) is 9.10. The first-order chi connectivity index (χ1) is 15.6. The van der Waals surface area contributed by atoms with Gasteiger partial charge < -0.3 is 15.4 Å². The Morgan fingerprint density at radius 3 is 2.72 bits per heavy atom. The van der Waals surface area contributed by atoms with Crippen molar-refractivity contribution >= 4 is 34.3 Å². The highest BCUT2D eigenvalue weighted by molar-refractivity contribution is 5.91. The lowest BCUT2D eigenvalue weighted by atomic mass is 9.94. The van der Waals surface area contributed by atoms with Crippen molar-refractivity contribution < 1.29 is 9.53 Å². The number of aromatic nitrogens is 4. The molecule has 0 radical (unpaired) electrons. The van der Waals surface area contributed by atoms with Gasteiger partial charge in [-0.3, -0.25) is 19.8 Å². The summed E-state index contributed by atoms with van der Waals surface area (Å²) in [4.78, 5) is 24.1. The van der Waals surface area contributed by atoms with Crippen molar-refractivity contribution in [3.05, 3.63) is 36.2 Å². The maximum Gasteiger partial charge on any atom is 0.323 e. The van der Waals surface area contributed by atoms with Gasteiger partial charge in [0.25, 0.3) is 0 Å². The number of pyridine rings is 2. The highest BCUT2D eigenvalue weighted by Gasteiger charge is 2.47. The van der Waals surface area contributed by atoms with Crippen molar-refractivity contribution in [2.24, 2.45) is 0 Å². The fourth-order valence-electron chi connectivity index (χ4n) is 5.65. The number of H-pyrrole nitrogens is 1. The molecular formula is C23H27N7O2. The number of aryl methyl sites for hydroxylation is 1. The van der Waals surface area contributed by atoms with E-state index in [1.165, 1.54) is 0 Å². The molecule has 9 nitrogen and oxygen atoms in total. The van der Waals surface area contributed by atoms with Gasteiger partial charge in [0.05, 0.1) is 12.1 Å². The first-order valence-electron chi connectivity index (χ1n) is 11.4. The van der Waals surface area contributed by atoms with Gasteiger partial charge in [-0.25, -0.2) is 4.98 Å². The summed E-state index contributed by atoms with van der Waals surface area (Å²) in [7, 11) is 0. The van der Waals surface area contributed by atoms with E-state index in [-0.39, 0.29) is 12.0 Å². The Kier molecular flexibility index (Phi) is 4.71. The van der Waals surface area contributed by atoms with Crippen LogP contribution in [-0.4, -0.2) is 61.8 Å². The van der Waals surface area contributed by atoms with Crippen LogP contribution in [-0.2, 0) is 9.53 Å². The van der Waals surface area contributed by atoms with E-state index >= 15 is 0 Å². The van der Waals surface area contributed by atoms with Crippen molar-refractivity contribution in [2.45, 2.75) is 63.2 Å². The van der Waals surface area contributed by atoms with Gasteiger partial charge in [-0.2, -0.15) is 5.10 Å². The van der Waals surface area contributed by atoms with E-state index in [1.54, 1.807) is 6.20 Å². The predicted octanol–water partition coefficient (Wildman–Crippen LogP) is 3.13. The standard InChI is InChI=1S/C23H27N7O2/c1-13-9-21(29-28-13)26-20-12-18-17(3-2-7-24-18)22(27-20)25-14-10-15-4-5-16(11-14)30(15)19-6-8-32-23(19)31/h2-3,7,9,12,14-16,19H,4-6,8,10-11H2,1H3,(H3,25,26,27,28,29)/t14?,15-,16+,19-/m1/s1. The molecule has 9 heteroatoms. The molecule has 3 aliphatic heterocycles. The van der Waals surface area contributed by atoms with Crippen molar-refractivity contribution in [3.8, 4) is 0 Å². The summed E-state index contributed by atoms with van der Waals surface area (Å²) < 4.78 is 5.25. The van der Waals surface area contributed by atoms with E-state index in [0.717, 1.165) is 60.3 Å². The van der Waals surface area contributed by atoms with Crippen LogP contribution in [0.3, 0.4) is 0 Å². The summed E-state index contributed by atoms with van der Waals surface area (Å²) in [5.74, 6) is 2.23. The number of rotatable bonds is 5. The highest BCUT2D eigenvalue weighted by atomic mass is 16.5. The van der Waals surface area contributed by atoms with E-state index in [9.17, 15) is 4.79 Å². The van der Waals surface area contributed by atoms with Gasteiger partial charge in [0.2, 0.25) is 0 Å². The molecule has 0 amide bonds. The van der Waals surface area contributed by atoms with Gasteiger partial charge in [-0.05, 0) is 44.7 Å². The summed E-state index contributed by atoms with van der Waals surface area (Å²) in [6, 6.07) is 8.97. The van der Waals surface area contributed by atoms with Crippen LogP contribution >= 0.6 is 0 Å². The molecule has 3 aromatic rings. The molecule has 6 heterocycles. The van der Waals surface area contributed by atoms with E-state index < -0.39 is 0 Å². The van der Waals surface area contributed by atoms with Crippen LogP contribution in [0.5, 0.6) is 0 Å². The first-order valence-corrected chi connectivity index (χ1v) is 11.4. The van der Waals surface area contributed by atoms with Gasteiger partial charge in [-0.15, -0.1) is 0 Å². The van der Waals surface area contributed by atoms with Gasteiger partial charge >= 0.3 is 5.97 Å². The largest absolute Gasteiger partial charge is 0.464 e. The third-order valence-electron chi connectivity index (χ3n) is 6.96. The number of anilines is 3. The Morgan fingerprint density at radius 2 is 2.00 bits per heavy atom. The third kappa shape index (κ3) is 3.46. The number of carbonyl (C=O) groups is 1. The van der Waals surface area contributed by atoms with Crippen LogP contribution in [0.25, 0.3) is 10.9 Å². The van der Waals surface area contributed by atoms with E-state index in [0.29, 0.717) is 30.6 Å². The zero-order chi connectivity index (χ0) is 21.7. The second kappa shape index (κ2) is 7.74. The number of piperidine rings is 1. The van der Waals surface area contributed by atoms with Crippen LogP contribution in [0.4, 0.5) is 17.5 Å². The van der Waals surface area contributed by atoms with Crippen molar-refractivity contribution in [2.75, 3.05) is 17.2 Å². The molecular weight excluding hydrogens is 406 g/mol. The molecule has 0 aliphatic carbocycles. The maximum absolute atomic E-state index is 12.2. The molecule has 0 spiro atoms. The topological polar surface area (TPSA) is 108 Å². The molecule has 0 saturated carbocycles. The number of ether oxygens (including phenoxy) is 1. The molecule has 2 bridgehead atoms. The lowest BCUT2D eigenvalue weighted by Gasteiger charge is -2.41. The lowest BCUT2D eigenvalue weighted by Crippen LogP contribution is -2.53. The summed E-state index contributed by atoms with van der Waals surface area (Å²) in [6.07, 6.45) is 6.90. The average Bonchev–Trinajstić information content (AvgIpc) is 3.45. The summed E-state index contributed by atoms with van der Waals surface area (Å²) in [5, 5.41) is 15.2. The summed E-state index contributed by atoms with van der Waals surface area (Å²) in [6.45, 7) is 2.52. The Balaban J connectivity index is 1.25. The molecule has 1 unspecified atom stereocenters. The van der Waals surface area contributed by atoms with Crippen LogP contribution in [0, 0.1) is 6.92 Å². The number of hydrogen-bond donors (Lipinski definition) is 3. The molecule has 3 aliphatic rings. The van der Waals surface area contributed by atoms with Crippen LogP contribution in [0.1, 0.15) is 37.8 Å². The zero-order valence-electron chi connectivity index (χ0n) is 18.0. The van der Waals surface area contributed by atoms with Gasteiger partial charge in [0.15, 0.2) is 5.82 Å². The molecule has 3 saturated heterocycles. The predicted molar refractivity (Wildman–Crippen MR) is 121 cm³/mol. The number of nitrogens with zero attached hydrogens (tertiary/aromatic N) is 4. The van der Waals surface area contributed by atoms with E-state index in [2.05, 4.69) is 36.8 Å². The highest BCUT2D eigenvalue weighted by Crippen LogP contribution is 2.40. The number of esters is 1. The smallest absolute Gasteiger partial charge is 0.323 e. The quantitative estimate of drug-likeness (QED) is 0.527. The first kappa shape index (κ1) is 19.5. The number of carbonyl (C=O) groups excluding carboxylic acids is 1. The van der Waals surface area contributed by atoms with E-state index in [4.69, 9.17) is 9.72 Å². The minimum absolute atomic E-state index is 0.0422. The molecule has 3 aromatic heterocycles. The molecule has 0 aromatic carbocycles. The van der Waals surface area contributed by atoms with Gasteiger partial charge in [0.1, 0.15) is 17.7 Å². The van der Waals surface area contributed by atoms with Crippen molar-refractivity contribution in [3.63, 3.8) is 0 Å². The Labute approximate surface area is 186 Å². The van der Waals surface area contributed by atoms with Crippen molar-refractivity contribution in [1.82, 2.24) is 25.1 Å². The number of hydrogen-bond acceptors (Lipinski definition) is 8. The number of aromatic amines is 1. The number of fused-ring (bicyclic) bond motifs is 3. The third-order valence-corrected chi connectivity index (χ3v) is 6.96. The summed E-state index contributed by atoms with van der Waals surface area (Å²) in [5.41, 5.74) is 1.87. The Bertz CT molecular complexity index is 1150. The monoisotopic (exact) mass is 433 g/mol. The molecule has 3 N–H and O–H groups in total. The SMILES string of the molecule is Cc1cc(Nc2cc3ncccc3c(NC3C[C@H]4CC[C@@H](C3)N4[C@@H]3CCOC3=O)n2)n[nH]1. The fraction of sp³-hybridized carbons (Fsp3) is 0.478. The van der Waals surface area contributed by atoms with Crippen LogP contribution in [0.2, 0.25) is 0 Å².